The van der Waals surface area contributed by atoms with Crippen LogP contribution in [0.5, 0.6) is 0 Å². The fourth-order valence-electron chi connectivity index (χ4n) is 3.34. The van der Waals surface area contributed by atoms with Crippen LogP contribution in [-0.4, -0.2) is 12.1 Å². The Morgan fingerprint density at radius 2 is 1.00 bits per heavy atom. The van der Waals surface area contributed by atoms with Gasteiger partial charge in [0.25, 0.3) is 0 Å². The number of rotatable bonds is 1. The average molecular weight is 460 g/mol. The molecule has 0 bridgehead atoms. The van der Waals surface area contributed by atoms with Crippen LogP contribution in [0.15, 0.2) is 0 Å². The largest absolute Gasteiger partial charge is 0.674 e. The predicted octanol–water partition coefficient (Wildman–Crippen LogP) is 5.58. The Kier molecular flexibility index (Phi) is 8.74. The maximum atomic E-state index is 8.07. The molecular weight excluding hydrogens is 438 g/mol. The molecule has 2 nitrogen and oxygen atoms in total. The van der Waals surface area contributed by atoms with Crippen molar-refractivity contribution in [2.75, 3.05) is 0 Å². The maximum absolute atomic E-state index is 8.07. The summed E-state index contributed by atoms with van der Waals surface area (Å²) < 4.78 is 0. The summed E-state index contributed by atoms with van der Waals surface area (Å²) in [5.41, 5.74) is 16.1. The van der Waals surface area contributed by atoms with E-state index < -0.39 is 16.5 Å². The van der Waals surface area contributed by atoms with Gasteiger partial charge in [0.1, 0.15) is 0 Å². The molecule has 2 aliphatic carbocycles. The fourth-order valence-corrected chi connectivity index (χ4v) is 3.34. The summed E-state index contributed by atoms with van der Waals surface area (Å²) in [6, 6.07) is 0.305. The first-order valence-corrected chi connectivity index (χ1v) is 12.1. The van der Waals surface area contributed by atoms with E-state index in [1.165, 1.54) is 38.5 Å². The van der Waals surface area contributed by atoms with Gasteiger partial charge in [-0.05, 0) is 0 Å². The third kappa shape index (κ3) is 5.36. The van der Waals surface area contributed by atoms with E-state index in [-0.39, 0.29) is 12.1 Å². The van der Waals surface area contributed by atoms with Crippen molar-refractivity contribution in [3.05, 3.63) is 11.5 Å². The molecule has 0 heterocycles. The van der Waals surface area contributed by atoms with Gasteiger partial charge in [-0.3, -0.25) is 0 Å². The summed E-state index contributed by atoms with van der Waals surface area (Å²) >= 11 is -0.472. The zero-order valence-electron chi connectivity index (χ0n) is 10.0. The quantitative estimate of drug-likeness (QED) is 0.490. The van der Waals surface area contributed by atoms with Crippen molar-refractivity contribution < 1.29 is 16.5 Å². The SMILES string of the molecule is [Cl][Pt+2][Cl].[NH-]C1CCCCC1C1CCCCC1[NH-]. The van der Waals surface area contributed by atoms with Gasteiger partial charge < -0.3 is 11.5 Å². The van der Waals surface area contributed by atoms with Gasteiger partial charge in [-0.1, -0.05) is 63.2 Å². The Labute approximate surface area is 122 Å². The third-order valence-corrected chi connectivity index (χ3v) is 4.19. The van der Waals surface area contributed by atoms with Gasteiger partial charge in [0.05, 0.1) is 0 Å². The normalized spacial score (nSPS) is 38.4. The van der Waals surface area contributed by atoms with Gasteiger partial charge in [-0.25, -0.2) is 0 Å². The second-order valence-corrected chi connectivity index (χ2v) is 8.44. The molecule has 2 fully saturated rings. The fraction of sp³-hybridized carbons (Fsp3) is 1.00. The molecule has 0 spiro atoms. The van der Waals surface area contributed by atoms with Gasteiger partial charge in [0.2, 0.25) is 0 Å². The Bertz CT molecular complexity index is 187. The molecule has 0 aliphatic heterocycles. The second-order valence-electron chi connectivity index (χ2n) is 5.15. The van der Waals surface area contributed by atoms with Gasteiger partial charge in [-0.15, -0.1) is 12.1 Å². The molecule has 104 valence electrons. The van der Waals surface area contributed by atoms with Crippen molar-refractivity contribution in [3.63, 3.8) is 0 Å². The molecule has 5 heteroatoms. The van der Waals surface area contributed by atoms with Crippen molar-refractivity contribution in [2.45, 2.75) is 63.5 Å². The molecule has 0 aromatic rings. The first-order chi connectivity index (χ1) is 8.20. The van der Waals surface area contributed by atoms with Gasteiger partial charge >= 0.3 is 35.3 Å². The van der Waals surface area contributed by atoms with Crippen LogP contribution in [0.2, 0.25) is 0 Å². The van der Waals surface area contributed by atoms with Gasteiger partial charge in [-0.2, -0.15) is 0 Å². The minimum atomic E-state index is -0.472. The Morgan fingerprint density at radius 3 is 1.29 bits per heavy atom. The average Bonchev–Trinajstić information content (AvgIpc) is 2.32. The minimum Gasteiger partial charge on any atom is -0.674 e. The standard InChI is InChI=1S/C12H22N2.2ClH.Pt/c13-11-7-3-1-5-9(11)10-6-2-4-8-12(10)14;;;/h9-14H,1-8H2;2*1H;/q-2;;;+4/p-2. The first-order valence-electron chi connectivity index (χ1n) is 6.45. The van der Waals surface area contributed by atoms with Crippen LogP contribution in [0.1, 0.15) is 51.4 Å². The van der Waals surface area contributed by atoms with Crippen LogP contribution in [0, 0.1) is 11.8 Å². The van der Waals surface area contributed by atoms with Crippen LogP contribution in [0.3, 0.4) is 0 Å². The van der Waals surface area contributed by atoms with E-state index in [1.807, 2.05) is 0 Å². The zero-order chi connectivity index (χ0) is 12.7. The van der Waals surface area contributed by atoms with E-state index in [4.69, 9.17) is 30.3 Å². The van der Waals surface area contributed by atoms with E-state index in [1.54, 1.807) is 0 Å². The van der Waals surface area contributed by atoms with Gasteiger partial charge in [0.15, 0.2) is 0 Å². The Hall–Kier alpha value is 1.19. The second kappa shape index (κ2) is 9.15. The van der Waals surface area contributed by atoms with E-state index in [0.717, 1.165) is 12.8 Å². The predicted molar refractivity (Wildman–Crippen MR) is 71.8 cm³/mol. The molecule has 0 saturated heterocycles. The molecule has 0 amide bonds. The van der Waals surface area contributed by atoms with Gasteiger partial charge in [0, 0.05) is 0 Å². The number of nitrogens with one attached hydrogen (secondary N) is 2. The molecule has 2 rings (SSSR count). The first kappa shape index (κ1) is 16.2. The van der Waals surface area contributed by atoms with E-state index >= 15 is 0 Å². The van der Waals surface area contributed by atoms with Crippen LogP contribution >= 0.6 is 18.8 Å². The van der Waals surface area contributed by atoms with Crippen molar-refractivity contribution in [2.24, 2.45) is 11.8 Å². The molecule has 2 saturated carbocycles. The summed E-state index contributed by atoms with van der Waals surface area (Å²) in [5, 5.41) is 0. The van der Waals surface area contributed by atoms with Crippen LogP contribution in [0.4, 0.5) is 0 Å². The van der Waals surface area contributed by atoms with Crippen LogP contribution in [-0.2, 0) is 16.5 Å². The molecule has 2 aliphatic rings. The number of halogens is 2. The smallest absolute Gasteiger partial charge is 0.0516 e. The summed E-state index contributed by atoms with van der Waals surface area (Å²) in [7, 11) is 9.75. The maximum Gasteiger partial charge on any atom is -0.0516 e. The molecule has 0 radical (unpaired) electrons. The van der Waals surface area contributed by atoms with Crippen molar-refractivity contribution in [1.82, 2.24) is 0 Å². The third-order valence-electron chi connectivity index (χ3n) is 4.19. The summed E-state index contributed by atoms with van der Waals surface area (Å²) in [4.78, 5) is 0. The molecule has 0 aromatic heterocycles. The number of hydrogen-bond acceptors (Lipinski definition) is 0. The van der Waals surface area contributed by atoms with E-state index in [2.05, 4.69) is 0 Å². The van der Waals surface area contributed by atoms with Crippen molar-refractivity contribution in [1.29, 1.82) is 0 Å². The number of hydrogen-bond donors (Lipinski definition) is 0. The van der Waals surface area contributed by atoms with Crippen LogP contribution < -0.4 is 0 Å². The molecule has 17 heavy (non-hydrogen) atoms. The minimum absolute atomic E-state index is 0.152. The topological polar surface area (TPSA) is 47.6 Å². The summed E-state index contributed by atoms with van der Waals surface area (Å²) in [6.07, 6.45) is 9.76. The summed E-state index contributed by atoms with van der Waals surface area (Å²) in [5.74, 6) is 1.12. The summed E-state index contributed by atoms with van der Waals surface area (Å²) in [6.45, 7) is 0. The molecule has 0 aromatic carbocycles. The van der Waals surface area contributed by atoms with E-state index in [9.17, 15) is 0 Å². The molecule has 4 unspecified atom stereocenters. The molecule has 2 N–H and O–H groups in total. The Morgan fingerprint density at radius 1 is 0.706 bits per heavy atom. The van der Waals surface area contributed by atoms with E-state index in [0.29, 0.717) is 11.8 Å². The van der Waals surface area contributed by atoms with Crippen molar-refractivity contribution in [3.8, 4) is 0 Å². The van der Waals surface area contributed by atoms with Crippen molar-refractivity contribution >= 4 is 18.8 Å². The molecule has 4 atom stereocenters. The van der Waals surface area contributed by atoms with Crippen LogP contribution in [0.25, 0.3) is 11.5 Å². The molecular formula is C12H22Cl2N2Pt. The monoisotopic (exact) mass is 459 g/mol. The zero-order valence-corrected chi connectivity index (χ0v) is 13.8. The Balaban J connectivity index is 0.000000437.